The van der Waals surface area contributed by atoms with Gasteiger partial charge in [0.25, 0.3) is 0 Å². The van der Waals surface area contributed by atoms with Crippen LogP contribution in [0.2, 0.25) is 0 Å². The van der Waals surface area contributed by atoms with Crippen LogP contribution in [0.5, 0.6) is 5.75 Å². The average molecular weight is 228 g/mol. The molecule has 0 bridgehead atoms. The van der Waals surface area contributed by atoms with E-state index in [4.69, 9.17) is 9.47 Å². The number of rotatable bonds is 6. The Morgan fingerprint density at radius 3 is 2.56 bits per heavy atom. The quantitative estimate of drug-likeness (QED) is 0.799. The number of aromatic nitrogens is 2. The van der Waals surface area contributed by atoms with E-state index in [1.54, 1.807) is 25.1 Å². The summed E-state index contributed by atoms with van der Waals surface area (Å²) in [5, 5.41) is 14.4. The molecule has 1 N–H and O–H groups in total. The maximum absolute atomic E-state index is 10.2. The van der Waals surface area contributed by atoms with E-state index in [1.165, 1.54) is 0 Å². The highest BCUT2D eigenvalue weighted by Crippen LogP contribution is 2.29. The molecule has 0 aliphatic heterocycles. The number of hydrogen-bond acceptors (Lipinski definition) is 4. The van der Waals surface area contributed by atoms with Crippen molar-refractivity contribution < 1.29 is 14.6 Å². The lowest BCUT2D eigenvalue weighted by atomic mass is 10.1. The van der Waals surface area contributed by atoms with Crippen molar-refractivity contribution in [3.05, 3.63) is 11.9 Å². The SMILES string of the molecule is CCC(OC)C(O)c1c(OC)cnn1CC. The topological polar surface area (TPSA) is 56.5 Å². The van der Waals surface area contributed by atoms with Crippen molar-refractivity contribution in [1.82, 2.24) is 9.78 Å². The monoisotopic (exact) mass is 228 g/mol. The van der Waals surface area contributed by atoms with Gasteiger partial charge in [-0.2, -0.15) is 5.10 Å². The summed E-state index contributed by atoms with van der Waals surface area (Å²) < 4.78 is 12.2. The summed E-state index contributed by atoms with van der Waals surface area (Å²) in [7, 11) is 3.16. The van der Waals surface area contributed by atoms with Gasteiger partial charge in [0, 0.05) is 13.7 Å². The summed E-state index contributed by atoms with van der Waals surface area (Å²) in [6.07, 6.45) is 1.39. The lowest BCUT2D eigenvalue weighted by Crippen LogP contribution is -2.23. The number of methoxy groups -OCH3 is 2. The minimum atomic E-state index is -0.715. The molecule has 1 rings (SSSR count). The molecule has 0 aromatic carbocycles. The van der Waals surface area contributed by atoms with Crippen LogP contribution in [-0.2, 0) is 11.3 Å². The molecule has 1 aromatic rings. The zero-order chi connectivity index (χ0) is 12.1. The number of ether oxygens (including phenoxy) is 2. The number of aliphatic hydroxyl groups is 1. The van der Waals surface area contributed by atoms with Crippen LogP contribution in [0.3, 0.4) is 0 Å². The van der Waals surface area contributed by atoms with Crippen LogP contribution in [0.1, 0.15) is 32.1 Å². The van der Waals surface area contributed by atoms with E-state index in [0.717, 1.165) is 6.42 Å². The van der Waals surface area contributed by atoms with Crippen LogP contribution in [-0.4, -0.2) is 35.2 Å². The molecule has 0 aliphatic rings. The Labute approximate surface area is 96.0 Å². The van der Waals surface area contributed by atoms with Crippen molar-refractivity contribution >= 4 is 0 Å². The van der Waals surface area contributed by atoms with Gasteiger partial charge in [-0.25, -0.2) is 0 Å². The minimum Gasteiger partial charge on any atom is -0.493 e. The van der Waals surface area contributed by atoms with Gasteiger partial charge in [-0.1, -0.05) is 6.92 Å². The lowest BCUT2D eigenvalue weighted by molar-refractivity contribution is -0.0200. The van der Waals surface area contributed by atoms with Gasteiger partial charge >= 0.3 is 0 Å². The fraction of sp³-hybridized carbons (Fsp3) is 0.727. The molecule has 0 saturated carbocycles. The molecule has 2 unspecified atom stereocenters. The molecular formula is C11H20N2O3. The third-order valence-electron chi connectivity index (χ3n) is 2.70. The highest BCUT2D eigenvalue weighted by molar-refractivity contribution is 5.28. The first-order valence-corrected chi connectivity index (χ1v) is 5.50. The maximum atomic E-state index is 10.2. The van der Waals surface area contributed by atoms with Crippen LogP contribution in [0, 0.1) is 0 Å². The number of nitrogens with zero attached hydrogens (tertiary/aromatic N) is 2. The molecule has 1 heterocycles. The van der Waals surface area contributed by atoms with Crippen molar-refractivity contribution in [3.8, 4) is 5.75 Å². The molecule has 0 spiro atoms. The van der Waals surface area contributed by atoms with E-state index >= 15 is 0 Å². The van der Waals surface area contributed by atoms with E-state index < -0.39 is 6.10 Å². The number of aliphatic hydroxyl groups excluding tert-OH is 1. The molecule has 0 amide bonds. The summed E-state index contributed by atoms with van der Waals surface area (Å²) in [5.41, 5.74) is 0.679. The van der Waals surface area contributed by atoms with Gasteiger partial charge < -0.3 is 14.6 Å². The Morgan fingerprint density at radius 2 is 2.12 bits per heavy atom. The smallest absolute Gasteiger partial charge is 0.162 e. The largest absolute Gasteiger partial charge is 0.493 e. The third-order valence-corrected chi connectivity index (χ3v) is 2.70. The summed E-state index contributed by atoms with van der Waals surface area (Å²) >= 11 is 0. The van der Waals surface area contributed by atoms with Gasteiger partial charge in [-0.15, -0.1) is 0 Å². The molecule has 0 radical (unpaired) electrons. The maximum Gasteiger partial charge on any atom is 0.162 e. The van der Waals surface area contributed by atoms with Crippen molar-refractivity contribution in [2.24, 2.45) is 0 Å². The Balaban J connectivity index is 3.03. The van der Waals surface area contributed by atoms with E-state index in [0.29, 0.717) is 18.0 Å². The molecule has 2 atom stereocenters. The molecule has 92 valence electrons. The van der Waals surface area contributed by atoms with Gasteiger partial charge in [-0.05, 0) is 13.3 Å². The van der Waals surface area contributed by atoms with Crippen molar-refractivity contribution in [3.63, 3.8) is 0 Å². The highest BCUT2D eigenvalue weighted by atomic mass is 16.5. The molecule has 0 saturated heterocycles. The summed E-state index contributed by atoms with van der Waals surface area (Å²) in [6.45, 7) is 4.63. The van der Waals surface area contributed by atoms with Crippen LogP contribution < -0.4 is 4.74 Å². The van der Waals surface area contributed by atoms with E-state index in [2.05, 4.69) is 5.10 Å². The zero-order valence-electron chi connectivity index (χ0n) is 10.3. The first-order chi connectivity index (χ1) is 7.69. The van der Waals surface area contributed by atoms with Crippen molar-refractivity contribution in [1.29, 1.82) is 0 Å². The van der Waals surface area contributed by atoms with E-state index in [1.807, 2.05) is 13.8 Å². The standard InChI is InChI=1S/C11H20N2O3/c1-5-8(15-3)11(14)10-9(16-4)7-12-13(10)6-2/h7-8,11,14H,5-6H2,1-4H3. The Kier molecular flexibility index (Phi) is 4.76. The zero-order valence-corrected chi connectivity index (χ0v) is 10.3. The summed E-state index contributed by atoms with van der Waals surface area (Å²) in [4.78, 5) is 0. The van der Waals surface area contributed by atoms with Crippen molar-refractivity contribution in [2.45, 2.75) is 39.0 Å². The fourth-order valence-electron chi connectivity index (χ4n) is 1.78. The van der Waals surface area contributed by atoms with Gasteiger partial charge in [0.05, 0.1) is 19.4 Å². The van der Waals surface area contributed by atoms with Crippen LogP contribution in [0.4, 0.5) is 0 Å². The Morgan fingerprint density at radius 1 is 1.44 bits per heavy atom. The van der Waals surface area contributed by atoms with Crippen LogP contribution >= 0.6 is 0 Å². The second-order valence-corrected chi connectivity index (χ2v) is 3.54. The molecule has 0 fully saturated rings. The molecule has 16 heavy (non-hydrogen) atoms. The Bertz CT molecular complexity index is 300. The minimum absolute atomic E-state index is 0.240. The van der Waals surface area contributed by atoms with E-state index in [-0.39, 0.29) is 6.10 Å². The van der Waals surface area contributed by atoms with Crippen LogP contribution in [0.15, 0.2) is 6.20 Å². The van der Waals surface area contributed by atoms with Crippen LogP contribution in [0.25, 0.3) is 0 Å². The molecular weight excluding hydrogens is 208 g/mol. The number of aryl methyl sites for hydroxylation is 1. The highest BCUT2D eigenvalue weighted by Gasteiger charge is 2.26. The normalized spacial score (nSPS) is 14.8. The second-order valence-electron chi connectivity index (χ2n) is 3.54. The fourth-order valence-corrected chi connectivity index (χ4v) is 1.78. The predicted octanol–water partition coefficient (Wildman–Crippen LogP) is 1.37. The van der Waals surface area contributed by atoms with Gasteiger partial charge in [0.1, 0.15) is 11.8 Å². The van der Waals surface area contributed by atoms with Gasteiger partial charge in [-0.3, -0.25) is 4.68 Å². The first-order valence-electron chi connectivity index (χ1n) is 5.50. The van der Waals surface area contributed by atoms with E-state index in [9.17, 15) is 5.11 Å². The molecule has 0 aliphatic carbocycles. The molecule has 5 heteroatoms. The molecule has 5 nitrogen and oxygen atoms in total. The van der Waals surface area contributed by atoms with Gasteiger partial charge in [0.15, 0.2) is 5.75 Å². The lowest BCUT2D eigenvalue weighted by Gasteiger charge is -2.21. The second kappa shape index (κ2) is 5.86. The Hall–Kier alpha value is -1.07. The summed E-state index contributed by atoms with van der Waals surface area (Å²) in [6, 6.07) is 0. The number of hydrogen-bond donors (Lipinski definition) is 1. The molecule has 1 aromatic heterocycles. The van der Waals surface area contributed by atoms with Crippen molar-refractivity contribution in [2.75, 3.05) is 14.2 Å². The average Bonchev–Trinajstić information content (AvgIpc) is 2.72. The van der Waals surface area contributed by atoms with Gasteiger partial charge in [0.2, 0.25) is 0 Å². The first kappa shape index (κ1) is 13.0. The summed E-state index contributed by atoms with van der Waals surface area (Å²) in [5.74, 6) is 0.602. The predicted molar refractivity (Wildman–Crippen MR) is 60.5 cm³/mol. The third kappa shape index (κ3) is 2.36.